The van der Waals surface area contributed by atoms with Crippen molar-refractivity contribution in [3.63, 3.8) is 0 Å². The smallest absolute Gasteiger partial charge is 0.317 e. The van der Waals surface area contributed by atoms with E-state index in [1.165, 1.54) is 0 Å². The number of thioether (sulfide) groups is 1. The zero-order valence-corrected chi connectivity index (χ0v) is 12.7. The molecule has 0 radical (unpaired) electrons. The lowest BCUT2D eigenvalue weighted by Crippen LogP contribution is -2.44. The topological polar surface area (TPSA) is 72.9 Å². The van der Waals surface area contributed by atoms with Gasteiger partial charge in [0.1, 0.15) is 0 Å². The number of nitrogens with one attached hydrogen (secondary N) is 1. The first-order valence-electron chi connectivity index (χ1n) is 7.13. The third-order valence-electron chi connectivity index (χ3n) is 4.02. The predicted octanol–water partition coefficient (Wildman–Crippen LogP) is 0.397. The summed E-state index contributed by atoms with van der Waals surface area (Å²) in [7, 11) is 0. The van der Waals surface area contributed by atoms with Gasteiger partial charge in [-0.3, -0.25) is 9.69 Å². The molecule has 114 valence electrons. The molecule has 0 unspecified atom stereocenters. The first-order chi connectivity index (χ1) is 9.58. The van der Waals surface area contributed by atoms with Gasteiger partial charge in [0.05, 0.1) is 5.92 Å². The van der Waals surface area contributed by atoms with Gasteiger partial charge in [-0.15, -0.1) is 0 Å². The standard InChI is InChI=1S/C13H23N3O3S/c1-10-8-16(9-11(10)12(17)18)13(19)14-2-3-15-4-6-20-7-5-15/h10-11H,2-9H2,1H3,(H,14,19)(H,17,18)/t10-,11-/m1/s1. The van der Waals surface area contributed by atoms with Crippen molar-refractivity contribution >= 4 is 23.8 Å². The van der Waals surface area contributed by atoms with Crippen molar-refractivity contribution < 1.29 is 14.7 Å². The van der Waals surface area contributed by atoms with E-state index in [0.29, 0.717) is 19.6 Å². The van der Waals surface area contributed by atoms with Crippen LogP contribution in [0.25, 0.3) is 0 Å². The zero-order chi connectivity index (χ0) is 14.5. The third-order valence-corrected chi connectivity index (χ3v) is 4.97. The molecule has 2 heterocycles. The number of urea groups is 1. The maximum Gasteiger partial charge on any atom is 0.317 e. The largest absolute Gasteiger partial charge is 0.481 e. The van der Waals surface area contributed by atoms with Crippen LogP contribution in [0.5, 0.6) is 0 Å². The number of hydrogen-bond donors (Lipinski definition) is 2. The normalized spacial score (nSPS) is 27.6. The Kier molecular flexibility index (Phi) is 5.54. The monoisotopic (exact) mass is 301 g/mol. The second-order valence-electron chi connectivity index (χ2n) is 5.51. The molecule has 0 aliphatic carbocycles. The van der Waals surface area contributed by atoms with Gasteiger partial charge in [0.25, 0.3) is 0 Å². The highest BCUT2D eigenvalue weighted by molar-refractivity contribution is 7.99. The summed E-state index contributed by atoms with van der Waals surface area (Å²) < 4.78 is 0. The minimum absolute atomic E-state index is 0.0253. The Bertz CT molecular complexity index is 361. The number of nitrogens with zero attached hydrogens (tertiary/aromatic N) is 2. The van der Waals surface area contributed by atoms with Gasteiger partial charge in [0.15, 0.2) is 0 Å². The van der Waals surface area contributed by atoms with Gasteiger partial charge in [0, 0.05) is 50.8 Å². The first kappa shape index (κ1) is 15.4. The zero-order valence-electron chi connectivity index (χ0n) is 11.9. The molecule has 0 aromatic rings. The average Bonchev–Trinajstić information content (AvgIpc) is 2.82. The lowest BCUT2D eigenvalue weighted by molar-refractivity contribution is -0.142. The second kappa shape index (κ2) is 7.17. The fraction of sp³-hybridized carbons (Fsp3) is 0.846. The minimum Gasteiger partial charge on any atom is -0.481 e. The van der Waals surface area contributed by atoms with Crippen molar-refractivity contribution in [1.29, 1.82) is 0 Å². The molecule has 6 nitrogen and oxygen atoms in total. The van der Waals surface area contributed by atoms with Crippen LogP contribution in [-0.2, 0) is 4.79 Å². The van der Waals surface area contributed by atoms with E-state index in [2.05, 4.69) is 10.2 Å². The Morgan fingerprint density at radius 1 is 1.30 bits per heavy atom. The number of hydrogen-bond acceptors (Lipinski definition) is 4. The molecule has 7 heteroatoms. The molecule has 2 atom stereocenters. The highest BCUT2D eigenvalue weighted by Crippen LogP contribution is 2.22. The van der Waals surface area contributed by atoms with Gasteiger partial charge >= 0.3 is 12.0 Å². The quantitative estimate of drug-likeness (QED) is 0.786. The Hall–Kier alpha value is -0.950. The van der Waals surface area contributed by atoms with Crippen LogP contribution in [0.1, 0.15) is 6.92 Å². The van der Waals surface area contributed by atoms with Crippen LogP contribution in [0.3, 0.4) is 0 Å². The highest BCUT2D eigenvalue weighted by atomic mass is 32.2. The van der Waals surface area contributed by atoms with Crippen molar-refractivity contribution in [2.24, 2.45) is 11.8 Å². The molecule has 2 fully saturated rings. The van der Waals surface area contributed by atoms with Crippen LogP contribution in [0.4, 0.5) is 4.79 Å². The maximum absolute atomic E-state index is 12.0. The van der Waals surface area contributed by atoms with Gasteiger partial charge in [-0.05, 0) is 5.92 Å². The fourth-order valence-corrected chi connectivity index (χ4v) is 3.69. The number of carbonyl (C=O) groups is 2. The molecular formula is C13H23N3O3S. The number of carboxylic acid groups (broad SMARTS) is 1. The molecule has 2 aliphatic rings. The number of carboxylic acids is 1. The van der Waals surface area contributed by atoms with Crippen LogP contribution in [0.2, 0.25) is 0 Å². The molecule has 20 heavy (non-hydrogen) atoms. The van der Waals surface area contributed by atoms with Gasteiger partial charge in [-0.25, -0.2) is 4.79 Å². The molecule has 0 bridgehead atoms. The van der Waals surface area contributed by atoms with E-state index in [1.807, 2.05) is 18.7 Å². The number of amides is 2. The Labute approximate surface area is 123 Å². The van der Waals surface area contributed by atoms with E-state index in [0.717, 1.165) is 31.1 Å². The van der Waals surface area contributed by atoms with Crippen LogP contribution < -0.4 is 5.32 Å². The van der Waals surface area contributed by atoms with Crippen molar-refractivity contribution in [3.05, 3.63) is 0 Å². The fourth-order valence-electron chi connectivity index (χ4n) is 2.71. The number of rotatable bonds is 4. The van der Waals surface area contributed by atoms with Crippen molar-refractivity contribution in [1.82, 2.24) is 15.1 Å². The van der Waals surface area contributed by atoms with Crippen molar-refractivity contribution in [2.75, 3.05) is 50.8 Å². The van der Waals surface area contributed by atoms with E-state index in [4.69, 9.17) is 5.11 Å². The van der Waals surface area contributed by atoms with Crippen molar-refractivity contribution in [2.45, 2.75) is 6.92 Å². The number of carbonyl (C=O) groups excluding carboxylic acids is 1. The van der Waals surface area contributed by atoms with Crippen LogP contribution in [0, 0.1) is 11.8 Å². The Morgan fingerprint density at radius 3 is 2.60 bits per heavy atom. The van der Waals surface area contributed by atoms with E-state index in [9.17, 15) is 9.59 Å². The predicted molar refractivity (Wildman–Crippen MR) is 79.0 cm³/mol. The molecule has 2 N–H and O–H groups in total. The molecule has 0 aromatic heterocycles. The lowest BCUT2D eigenvalue weighted by atomic mass is 9.99. The third kappa shape index (κ3) is 4.02. The van der Waals surface area contributed by atoms with Crippen LogP contribution >= 0.6 is 11.8 Å². The molecule has 2 rings (SSSR count). The van der Waals surface area contributed by atoms with Crippen LogP contribution in [-0.4, -0.2) is 77.7 Å². The molecule has 2 aliphatic heterocycles. The van der Waals surface area contributed by atoms with Gasteiger partial charge in [-0.2, -0.15) is 11.8 Å². The molecule has 2 saturated heterocycles. The average molecular weight is 301 g/mol. The first-order valence-corrected chi connectivity index (χ1v) is 8.29. The summed E-state index contributed by atoms with van der Waals surface area (Å²) in [6.45, 7) is 6.41. The summed E-state index contributed by atoms with van der Waals surface area (Å²) in [5.74, 6) is 1.12. The Balaban J connectivity index is 1.68. The van der Waals surface area contributed by atoms with Gasteiger partial charge < -0.3 is 15.3 Å². The lowest BCUT2D eigenvalue weighted by Gasteiger charge is -2.26. The summed E-state index contributed by atoms with van der Waals surface area (Å²) in [5, 5.41) is 12.0. The highest BCUT2D eigenvalue weighted by Gasteiger charge is 2.36. The summed E-state index contributed by atoms with van der Waals surface area (Å²) in [6, 6.07) is -0.132. The molecule has 2 amide bonds. The second-order valence-corrected chi connectivity index (χ2v) is 6.74. The Morgan fingerprint density at radius 2 is 2.00 bits per heavy atom. The van der Waals surface area contributed by atoms with E-state index in [-0.39, 0.29) is 11.9 Å². The molecule has 0 saturated carbocycles. The van der Waals surface area contributed by atoms with Gasteiger partial charge in [0.2, 0.25) is 0 Å². The number of aliphatic carboxylic acids is 1. The SMILES string of the molecule is C[C@@H]1CN(C(=O)NCCN2CCSCC2)C[C@H]1C(=O)O. The van der Waals surface area contributed by atoms with Crippen molar-refractivity contribution in [3.8, 4) is 0 Å². The molecule has 0 spiro atoms. The number of likely N-dealkylation sites (tertiary alicyclic amines) is 1. The molecular weight excluding hydrogens is 278 g/mol. The summed E-state index contributed by atoms with van der Waals surface area (Å²) in [5.41, 5.74) is 0. The van der Waals surface area contributed by atoms with E-state index < -0.39 is 11.9 Å². The summed E-state index contributed by atoms with van der Waals surface area (Å²) in [6.07, 6.45) is 0. The van der Waals surface area contributed by atoms with E-state index in [1.54, 1.807) is 4.90 Å². The van der Waals surface area contributed by atoms with Gasteiger partial charge in [-0.1, -0.05) is 6.92 Å². The maximum atomic E-state index is 12.0. The minimum atomic E-state index is -0.807. The molecule has 0 aromatic carbocycles. The summed E-state index contributed by atoms with van der Waals surface area (Å²) >= 11 is 1.97. The summed E-state index contributed by atoms with van der Waals surface area (Å²) in [4.78, 5) is 27.0. The van der Waals surface area contributed by atoms with E-state index >= 15 is 0 Å². The van der Waals surface area contributed by atoms with Crippen LogP contribution in [0.15, 0.2) is 0 Å².